The molecule has 25 heavy (non-hydrogen) atoms. The van der Waals surface area contributed by atoms with Gasteiger partial charge in [-0.1, -0.05) is 29.1 Å². The Labute approximate surface area is 156 Å². The summed E-state index contributed by atoms with van der Waals surface area (Å²) in [4.78, 5) is 2.16. The monoisotopic (exact) mass is 356 g/mol. The van der Waals surface area contributed by atoms with Gasteiger partial charge in [-0.25, -0.2) is 0 Å². The molecule has 2 rings (SSSR count). The molecule has 3 N–H and O–H groups in total. The Bertz CT molecular complexity index is 698. The van der Waals surface area contributed by atoms with Crippen molar-refractivity contribution in [2.75, 3.05) is 19.0 Å². The van der Waals surface area contributed by atoms with Crippen LogP contribution in [0.4, 0.5) is 10.1 Å². The highest BCUT2D eigenvalue weighted by molar-refractivity contribution is 7.99. The summed E-state index contributed by atoms with van der Waals surface area (Å²) in [6.07, 6.45) is 0.409. The second-order valence-corrected chi connectivity index (χ2v) is 7.99. The Morgan fingerprint density at radius 3 is 2.56 bits per heavy atom. The molecule has 0 saturated heterocycles. The SMILES string of the molecule is BC(B)(B)NCc1cc(OCCCF)ccc1Sc1ccccc1N. The molecule has 8 heteroatoms. The number of nitrogen functional groups attached to an aromatic ring is 1. The molecule has 130 valence electrons. The first kappa shape index (κ1) is 19.8. The third-order valence-electron chi connectivity index (χ3n) is 3.53. The number of rotatable bonds is 9. The molecule has 0 unspecified atom stereocenters. The van der Waals surface area contributed by atoms with Crippen molar-refractivity contribution in [2.45, 2.75) is 28.0 Å². The fourth-order valence-corrected chi connectivity index (χ4v) is 3.15. The maximum absolute atomic E-state index is 12.3. The van der Waals surface area contributed by atoms with Crippen LogP contribution in [-0.4, -0.2) is 42.1 Å². The van der Waals surface area contributed by atoms with E-state index in [4.69, 9.17) is 10.5 Å². The minimum atomic E-state index is -0.361. The lowest BCUT2D eigenvalue weighted by atomic mass is 9.49. The highest BCUT2D eigenvalue weighted by atomic mass is 32.2. The first-order chi connectivity index (χ1) is 11.9. The summed E-state index contributed by atoms with van der Waals surface area (Å²) in [6, 6.07) is 13.8. The van der Waals surface area contributed by atoms with Crippen LogP contribution in [0.3, 0.4) is 0 Å². The van der Waals surface area contributed by atoms with Crippen molar-refractivity contribution in [2.24, 2.45) is 0 Å². The standard InChI is InChI=1S/C17H24B3FN2OS/c18-17(19,20)23-11-12-10-13(24-9-3-8-21)6-7-15(12)25-16-5-2-1-4-14(16)22/h1-2,4-7,10,23H,3,8-9,11,18-20,22H2. The number of para-hydroxylation sites is 1. The zero-order valence-electron chi connectivity index (χ0n) is 15.1. The molecule has 0 atom stereocenters. The van der Waals surface area contributed by atoms with Gasteiger partial charge in [0.1, 0.15) is 29.3 Å². The Balaban J connectivity index is 2.22. The minimum absolute atomic E-state index is 0.0127. The summed E-state index contributed by atoms with van der Waals surface area (Å²) in [5, 5.41) is 3.53. The van der Waals surface area contributed by atoms with Crippen LogP contribution < -0.4 is 15.8 Å². The summed E-state index contributed by atoms with van der Waals surface area (Å²) >= 11 is 1.65. The molecule has 2 aromatic carbocycles. The Morgan fingerprint density at radius 1 is 1.12 bits per heavy atom. The van der Waals surface area contributed by atoms with E-state index in [0.717, 1.165) is 33.3 Å². The smallest absolute Gasteiger partial charge is 0.119 e. The fourth-order valence-electron chi connectivity index (χ4n) is 2.18. The number of nitrogens with one attached hydrogen (secondary N) is 1. The maximum Gasteiger partial charge on any atom is 0.119 e. The molecule has 0 amide bonds. The lowest BCUT2D eigenvalue weighted by Crippen LogP contribution is -2.46. The van der Waals surface area contributed by atoms with Gasteiger partial charge in [0.05, 0.1) is 13.3 Å². The average Bonchev–Trinajstić information content (AvgIpc) is 2.56. The maximum atomic E-state index is 12.3. The van der Waals surface area contributed by atoms with Crippen LogP contribution in [0.1, 0.15) is 12.0 Å². The fraction of sp³-hybridized carbons (Fsp3) is 0.294. The van der Waals surface area contributed by atoms with E-state index in [1.165, 1.54) is 0 Å². The molecule has 0 aliphatic carbocycles. The first-order valence-corrected chi connectivity index (χ1v) is 9.30. The van der Waals surface area contributed by atoms with Crippen LogP contribution in [-0.2, 0) is 6.54 Å². The number of benzene rings is 2. The minimum Gasteiger partial charge on any atom is -0.493 e. The average molecular weight is 356 g/mol. The zero-order chi connectivity index (χ0) is 18.3. The van der Waals surface area contributed by atoms with E-state index in [2.05, 4.69) is 28.9 Å². The van der Waals surface area contributed by atoms with E-state index in [9.17, 15) is 4.39 Å². The van der Waals surface area contributed by atoms with Crippen LogP contribution in [0, 0.1) is 0 Å². The van der Waals surface area contributed by atoms with Gasteiger partial charge < -0.3 is 15.8 Å². The van der Waals surface area contributed by atoms with Gasteiger partial charge in [-0.3, -0.25) is 4.39 Å². The molecular formula is C17H24B3FN2OS. The van der Waals surface area contributed by atoms with Crippen molar-refractivity contribution >= 4 is 41.0 Å². The van der Waals surface area contributed by atoms with Crippen LogP contribution in [0.2, 0.25) is 0 Å². The molecule has 0 heterocycles. The molecule has 0 radical (unpaired) electrons. The number of halogens is 1. The van der Waals surface area contributed by atoms with Crippen molar-refractivity contribution in [1.82, 2.24) is 5.32 Å². The molecule has 0 aliphatic heterocycles. The third kappa shape index (κ3) is 6.71. The van der Waals surface area contributed by atoms with Gasteiger partial charge in [0, 0.05) is 28.4 Å². The first-order valence-electron chi connectivity index (χ1n) is 8.48. The number of hydrogen-bond donors (Lipinski definition) is 2. The molecular weight excluding hydrogens is 332 g/mol. The van der Waals surface area contributed by atoms with Gasteiger partial charge in [0.15, 0.2) is 0 Å². The topological polar surface area (TPSA) is 47.3 Å². The van der Waals surface area contributed by atoms with E-state index < -0.39 is 0 Å². The van der Waals surface area contributed by atoms with E-state index >= 15 is 0 Å². The predicted octanol–water partition coefficient (Wildman–Crippen LogP) is 0.759. The van der Waals surface area contributed by atoms with Crippen molar-refractivity contribution < 1.29 is 9.13 Å². The van der Waals surface area contributed by atoms with Gasteiger partial charge in [0.2, 0.25) is 0 Å². The summed E-state index contributed by atoms with van der Waals surface area (Å²) in [5.41, 5.74) is 7.98. The molecule has 0 aromatic heterocycles. The number of nitrogens with two attached hydrogens (primary N) is 1. The lowest BCUT2D eigenvalue weighted by molar-refractivity contribution is 0.289. The van der Waals surface area contributed by atoms with Crippen molar-refractivity contribution in [1.29, 1.82) is 0 Å². The van der Waals surface area contributed by atoms with Gasteiger partial charge in [-0.2, -0.15) is 0 Å². The van der Waals surface area contributed by atoms with E-state index in [0.29, 0.717) is 13.0 Å². The largest absolute Gasteiger partial charge is 0.493 e. The molecule has 2 aromatic rings. The Morgan fingerprint density at radius 2 is 1.88 bits per heavy atom. The number of hydrogen-bond acceptors (Lipinski definition) is 4. The summed E-state index contributed by atoms with van der Waals surface area (Å²) < 4.78 is 17.9. The second-order valence-electron chi connectivity index (χ2n) is 6.90. The normalized spacial score (nSPS) is 11.4. The lowest BCUT2D eigenvalue weighted by Gasteiger charge is -2.22. The Hall–Kier alpha value is -1.53. The van der Waals surface area contributed by atoms with E-state index in [1.54, 1.807) is 11.8 Å². The number of ether oxygens (including phenoxy) is 1. The zero-order valence-corrected chi connectivity index (χ0v) is 16.0. The van der Waals surface area contributed by atoms with Crippen LogP contribution in [0.5, 0.6) is 5.75 Å². The Kier molecular flexibility index (Phi) is 7.32. The molecule has 0 saturated carbocycles. The summed E-state index contributed by atoms with van der Waals surface area (Å²) in [6.45, 7) is 0.749. The number of alkyl halides is 1. The van der Waals surface area contributed by atoms with Crippen LogP contribution in [0.15, 0.2) is 52.3 Å². The van der Waals surface area contributed by atoms with Crippen LogP contribution >= 0.6 is 11.8 Å². The molecule has 0 bridgehead atoms. The highest BCUT2D eigenvalue weighted by Gasteiger charge is 2.13. The van der Waals surface area contributed by atoms with Crippen LogP contribution in [0.25, 0.3) is 0 Å². The summed E-state index contributed by atoms with van der Waals surface area (Å²) in [7, 11) is 6.41. The highest BCUT2D eigenvalue weighted by Crippen LogP contribution is 2.35. The van der Waals surface area contributed by atoms with Gasteiger partial charge in [-0.05, 0) is 35.9 Å². The van der Waals surface area contributed by atoms with E-state index in [1.807, 2.05) is 42.5 Å². The molecule has 0 fully saturated rings. The van der Waals surface area contributed by atoms with Gasteiger partial charge in [-0.15, -0.1) is 0 Å². The van der Waals surface area contributed by atoms with E-state index in [-0.39, 0.29) is 11.9 Å². The van der Waals surface area contributed by atoms with Crippen molar-refractivity contribution in [3.8, 4) is 5.75 Å². The second kappa shape index (κ2) is 9.25. The molecule has 0 spiro atoms. The van der Waals surface area contributed by atoms with Crippen molar-refractivity contribution in [3.05, 3.63) is 48.0 Å². The van der Waals surface area contributed by atoms with Gasteiger partial charge in [0.25, 0.3) is 0 Å². The molecule has 3 nitrogen and oxygen atoms in total. The molecule has 0 aliphatic rings. The summed E-state index contributed by atoms with van der Waals surface area (Å²) in [5.74, 6) is 0.768. The number of anilines is 1. The van der Waals surface area contributed by atoms with Gasteiger partial charge >= 0.3 is 0 Å². The third-order valence-corrected chi connectivity index (χ3v) is 4.74. The quantitative estimate of drug-likeness (QED) is 0.396. The predicted molar refractivity (Wildman–Crippen MR) is 113 cm³/mol. The van der Waals surface area contributed by atoms with Crippen molar-refractivity contribution in [3.63, 3.8) is 0 Å².